The predicted molar refractivity (Wildman–Crippen MR) is 75.6 cm³/mol. The lowest BCUT2D eigenvalue weighted by Gasteiger charge is -2.33. The molecule has 0 aromatic heterocycles. The molecule has 1 aromatic carbocycles. The summed E-state index contributed by atoms with van der Waals surface area (Å²) in [6.07, 6.45) is 0. The van der Waals surface area contributed by atoms with Crippen molar-refractivity contribution in [3.05, 3.63) is 24.3 Å². The van der Waals surface area contributed by atoms with E-state index in [9.17, 15) is 4.79 Å². The zero-order valence-corrected chi connectivity index (χ0v) is 11.5. The quantitative estimate of drug-likeness (QED) is 0.845. The van der Waals surface area contributed by atoms with Crippen LogP contribution in [0.3, 0.4) is 0 Å². The van der Waals surface area contributed by atoms with Crippen LogP contribution in [0.1, 0.15) is 0 Å². The lowest BCUT2D eigenvalue weighted by atomic mass is 10.3. The number of nitrogens with zero attached hydrogens (tertiary/aromatic N) is 3. The molecule has 6 heteroatoms. The molecule has 0 spiro atoms. The number of hydrogen-bond donors (Lipinski definition) is 1. The Morgan fingerprint density at radius 1 is 1.30 bits per heavy atom. The van der Waals surface area contributed by atoms with Crippen LogP contribution >= 0.6 is 0 Å². The van der Waals surface area contributed by atoms with Crippen molar-refractivity contribution in [1.29, 1.82) is 5.26 Å². The zero-order chi connectivity index (χ0) is 14.4. The topological polar surface area (TPSA) is 68.6 Å². The molecule has 1 aliphatic heterocycles. The van der Waals surface area contributed by atoms with Crippen LogP contribution in [0.5, 0.6) is 5.75 Å². The largest absolute Gasteiger partial charge is 0.497 e. The highest BCUT2D eigenvalue weighted by Crippen LogP contribution is 2.15. The van der Waals surface area contributed by atoms with E-state index in [2.05, 4.69) is 11.4 Å². The van der Waals surface area contributed by atoms with E-state index in [0.29, 0.717) is 19.6 Å². The van der Waals surface area contributed by atoms with Gasteiger partial charge in [-0.3, -0.25) is 4.90 Å². The molecule has 1 aliphatic rings. The molecule has 1 heterocycles. The summed E-state index contributed by atoms with van der Waals surface area (Å²) in [5, 5.41) is 11.5. The number of benzene rings is 1. The van der Waals surface area contributed by atoms with E-state index in [1.807, 2.05) is 17.0 Å². The number of carbonyl (C=O) groups excluding carboxylic acids is 1. The normalized spacial score (nSPS) is 15.5. The molecule has 6 nitrogen and oxygen atoms in total. The first kappa shape index (κ1) is 14.2. The van der Waals surface area contributed by atoms with Crippen LogP contribution < -0.4 is 10.1 Å². The molecule has 0 saturated carbocycles. The summed E-state index contributed by atoms with van der Waals surface area (Å²) in [5.41, 5.74) is 0.746. The van der Waals surface area contributed by atoms with E-state index in [4.69, 9.17) is 10.00 Å². The predicted octanol–water partition coefficient (Wildman–Crippen LogP) is 1.37. The van der Waals surface area contributed by atoms with Gasteiger partial charge in [0, 0.05) is 31.9 Å². The summed E-state index contributed by atoms with van der Waals surface area (Å²) in [7, 11) is 1.61. The van der Waals surface area contributed by atoms with Gasteiger partial charge < -0.3 is 15.0 Å². The van der Waals surface area contributed by atoms with Gasteiger partial charge in [-0.25, -0.2) is 4.79 Å². The molecule has 1 fully saturated rings. The Balaban J connectivity index is 1.84. The highest BCUT2D eigenvalue weighted by atomic mass is 16.5. The Labute approximate surface area is 118 Å². The van der Waals surface area contributed by atoms with E-state index in [-0.39, 0.29) is 6.03 Å². The fraction of sp³-hybridized carbons (Fsp3) is 0.429. The molecule has 1 N–H and O–H groups in total. The smallest absolute Gasteiger partial charge is 0.321 e. The summed E-state index contributed by atoms with van der Waals surface area (Å²) in [5.74, 6) is 0.758. The maximum Gasteiger partial charge on any atom is 0.321 e. The Morgan fingerprint density at radius 3 is 2.50 bits per heavy atom. The number of amides is 2. The minimum atomic E-state index is -0.105. The van der Waals surface area contributed by atoms with Crippen molar-refractivity contribution in [3.63, 3.8) is 0 Å². The SMILES string of the molecule is COc1ccc(NC(=O)N2CCN(CC#N)CC2)cc1. The molecular formula is C14H18N4O2. The number of piperazine rings is 1. The van der Waals surface area contributed by atoms with Crippen molar-refractivity contribution in [3.8, 4) is 11.8 Å². The Bertz CT molecular complexity index is 487. The number of carbonyl (C=O) groups is 1. The second-order valence-electron chi connectivity index (χ2n) is 4.58. The highest BCUT2D eigenvalue weighted by molar-refractivity contribution is 5.89. The molecule has 2 amide bonds. The number of nitrogens with one attached hydrogen (secondary N) is 1. The van der Waals surface area contributed by atoms with Crippen molar-refractivity contribution in [2.45, 2.75) is 0 Å². The van der Waals surface area contributed by atoms with Crippen molar-refractivity contribution in [2.24, 2.45) is 0 Å². The average molecular weight is 274 g/mol. The molecule has 0 bridgehead atoms. The Hall–Kier alpha value is -2.26. The average Bonchev–Trinajstić information content (AvgIpc) is 2.49. The third-order valence-electron chi connectivity index (χ3n) is 3.30. The number of methoxy groups -OCH3 is 1. The van der Waals surface area contributed by atoms with Gasteiger partial charge in [0.05, 0.1) is 19.7 Å². The van der Waals surface area contributed by atoms with Crippen LogP contribution in [0.2, 0.25) is 0 Å². The summed E-state index contributed by atoms with van der Waals surface area (Å²) in [4.78, 5) is 15.9. The standard InChI is InChI=1S/C14H18N4O2/c1-20-13-4-2-12(3-5-13)16-14(19)18-10-8-17(7-6-15)9-11-18/h2-5H,7-11H2,1H3,(H,16,19). The minimum Gasteiger partial charge on any atom is -0.497 e. The maximum atomic E-state index is 12.1. The van der Waals surface area contributed by atoms with Gasteiger partial charge in [0.1, 0.15) is 5.75 Å². The van der Waals surface area contributed by atoms with Crippen LogP contribution in [0.15, 0.2) is 24.3 Å². The number of anilines is 1. The third-order valence-corrected chi connectivity index (χ3v) is 3.30. The lowest BCUT2D eigenvalue weighted by molar-refractivity contribution is 0.156. The van der Waals surface area contributed by atoms with Crippen LogP contribution in [0, 0.1) is 11.3 Å². The fourth-order valence-corrected chi connectivity index (χ4v) is 2.09. The van der Waals surface area contributed by atoms with E-state index >= 15 is 0 Å². The molecule has 1 aromatic rings. The summed E-state index contributed by atoms with van der Waals surface area (Å²) in [6.45, 7) is 3.19. The Morgan fingerprint density at radius 2 is 1.95 bits per heavy atom. The van der Waals surface area contributed by atoms with Crippen molar-refractivity contribution in [1.82, 2.24) is 9.80 Å². The molecule has 0 aliphatic carbocycles. The van der Waals surface area contributed by atoms with Crippen LogP contribution in [0.4, 0.5) is 10.5 Å². The van der Waals surface area contributed by atoms with Gasteiger partial charge in [-0.1, -0.05) is 0 Å². The summed E-state index contributed by atoms with van der Waals surface area (Å²) >= 11 is 0. The first-order chi connectivity index (χ1) is 9.72. The number of rotatable bonds is 3. The molecule has 106 valence electrons. The van der Waals surface area contributed by atoms with Gasteiger partial charge in [-0.05, 0) is 24.3 Å². The van der Waals surface area contributed by atoms with E-state index in [0.717, 1.165) is 24.5 Å². The van der Waals surface area contributed by atoms with Gasteiger partial charge in [0.2, 0.25) is 0 Å². The maximum absolute atomic E-state index is 12.1. The minimum absolute atomic E-state index is 0.105. The molecule has 0 unspecified atom stereocenters. The van der Waals surface area contributed by atoms with Gasteiger partial charge in [-0.15, -0.1) is 0 Å². The van der Waals surface area contributed by atoms with Crippen LogP contribution in [0.25, 0.3) is 0 Å². The first-order valence-corrected chi connectivity index (χ1v) is 6.52. The van der Waals surface area contributed by atoms with Crippen LogP contribution in [-0.4, -0.2) is 55.7 Å². The van der Waals surface area contributed by atoms with E-state index < -0.39 is 0 Å². The summed E-state index contributed by atoms with van der Waals surface area (Å²) in [6, 6.07) is 9.25. The highest BCUT2D eigenvalue weighted by Gasteiger charge is 2.20. The number of nitriles is 1. The van der Waals surface area contributed by atoms with Gasteiger partial charge >= 0.3 is 6.03 Å². The first-order valence-electron chi connectivity index (χ1n) is 6.52. The molecule has 0 atom stereocenters. The molecule has 20 heavy (non-hydrogen) atoms. The lowest BCUT2D eigenvalue weighted by Crippen LogP contribution is -2.49. The van der Waals surface area contributed by atoms with Gasteiger partial charge in [-0.2, -0.15) is 5.26 Å². The number of urea groups is 1. The second kappa shape index (κ2) is 6.78. The Kier molecular flexibility index (Phi) is 4.80. The molecule has 1 saturated heterocycles. The second-order valence-corrected chi connectivity index (χ2v) is 4.58. The van der Waals surface area contributed by atoms with Crippen molar-refractivity contribution in [2.75, 3.05) is 45.2 Å². The molecule has 0 radical (unpaired) electrons. The van der Waals surface area contributed by atoms with E-state index in [1.165, 1.54) is 0 Å². The monoisotopic (exact) mass is 274 g/mol. The van der Waals surface area contributed by atoms with E-state index in [1.54, 1.807) is 24.1 Å². The number of hydrogen-bond acceptors (Lipinski definition) is 4. The zero-order valence-electron chi connectivity index (χ0n) is 11.5. The van der Waals surface area contributed by atoms with Crippen molar-refractivity contribution < 1.29 is 9.53 Å². The van der Waals surface area contributed by atoms with Gasteiger partial charge in [0.25, 0.3) is 0 Å². The fourth-order valence-electron chi connectivity index (χ4n) is 2.09. The molecule has 2 rings (SSSR count). The summed E-state index contributed by atoms with van der Waals surface area (Å²) < 4.78 is 5.07. The third kappa shape index (κ3) is 3.62. The van der Waals surface area contributed by atoms with Crippen LogP contribution in [-0.2, 0) is 0 Å². The van der Waals surface area contributed by atoms with Crippen molar-refractivity contribution >= 4 is 11.7 Å². The molecular weight excluding hydrogens is 256 g/mol. The van der Waals surface area contributed by atoms with Gasteiger partial charge in [0.15, 0.2) is 0 Å². The number of ether oxygens (including phenoxy) is 1.